The number of methoxy groups -OCH3 is 1. The lowest BCUT2D eigenvalue weighted by Gasteiger charge is -2.26. The minimum Gasteiger partial charge on any atom is -0.496 e. The van der Waals surface area contributed by atoms with E-state index in [4.69, 9.17) is 9.47 Å². The van der Waals surface area contributed by atoms with E-state index in [2.05, 4.69) is 14.6 Å². The molecule has 2 fully saturated rings. The Balaban J connectivity index is 1.23. The smallest absolute Gasteiger partial charge is 0.265 e. The molecule has 2 N–H and O–H groups in total. The summed E-state index contributed by atoms with van der Waals surface area (Å²) in [5.74, 6) is 0.300. The molecule has 6 rings (SSSR count). The van der Waals surface area contributed by atoms with Gasteiger partial charge in [0.15, 0.2) is 0 Å². The van der Waals surface area contributed by atoms with Crippen molar-refractivity contribution in [2.75, 3.05) is 40.0 Å². The van der Waals surface area contributed by atoms with Gasteiger partial charge in [-0.2, -0.15) is 0 Å². The number of carbonyl (C=O) groups is 3. The van der Waals surface area contributed by atoms with E-state index in [0.29, 0.717) is 69.5 Å². The Hall–Kier alpha value is -4.68. The van der Waals surface area contributed by atoms with Crippen molar-refractivity contribution in [3.05, 3.63) is 94.7 Å². The van der Waals surface area contributed by atoms with Crippen molar-refractivity contribution in [1.82, 2.24) is 19.5 Å². The van der Waals surface area contributed by atoms with Gasteiger partial charge in [-0.1, -0.05) is 49.2 Å². The minimum absolute atomic E-state index is 0.00402. The standard InChI is InChI=1S/C39H46N4O7S/c1-27-7-3-6-10-36(27)51(47,48)41-39(46)30-12-13-32(35(23-30)49-2)26-43-25-31(14-16-38(45)42-17-19-50-20-18-42)33-15-11-29(21-34(33)43)22-37(44)40-24-28-8-4-5-9-28/h3,6-7,10-13,15,21,23,25,28H,4-5,8-9,14,16-20,22,24,26H2,1-2H3,(H,40,44)(H,41,46). The van der Waals surface area contributed by atoms with Crippen LogP contribution in [0, 0.1) is 12.8 Å². The van der Waals surface area contributed by atoms with Gasteiger partial charge in [0.1, 0.15) is 5.75 Å². The highest BCUT2D eigenvalue weighted by Crippen LogP contribution is 2.29. The van der Waals surface area contributed by atoms with Crippen LogP contribution in [0.15, 0.2) is 71.8 Å². The van der Waals surface area contributed by atoms with Gasteiger partial charge in [-0.05, 0) is 73.1 Å². The molecule has 0 radical (unpaired) electrons. The summed E-state index contributed by atoms with van der Waals surface area (Å²) >= 11 is 0. The van der Waals surface area contributed by atoms with Gasteiger partial charge in [-0.3, -0.25) is 14.4 Å². The third-order valence-electron chi connectivity index (χ3n) is 9.93. The SMILES string of the molecule is COc1cc(C(=O)NS(=O)(=O)c2ccccc2C)ccc1Cn1cc(CCC(=O)N2CCOCC2)c2ccc(CC(=O)NCC3CCCC3)cc21. The van der Waals surface area contributed by atoms with Crippen LogP contribution in [0.5, 0.6) is 5.75 Å². The molecular formula is C39H46N4O7S. The van der Waals surface area contributed by atoms with Gasteiger partial charge in [0.25, 0.3) is 15.9 Å². The third-order valence-corrected chi connectivity index (χ3v) is 11.4. The first kappa shape index (κ1) is 36.1. The molecule has 3 amide bonds. The van der Waals surface area contributed by atoms with E-state index in [0.717, 1.165) is 40.4 Å². The molecule has 1 saturated heterocycles. The number of hydrogen-bond donors (Lipinski definition) is 2. The number of ether oxygens (including phenoxy) is 2. The number of benzene rings is 3. The fourth-order valence-corrected chi connectivity index (χ4v) is 8.30. The number of hydrogen-bond acceptors (Lipinski definition) is 7. The zero-order chi connectivity index (χ0) is 36.0. The van der Waals surface area contributed by atoms with E-state index in [9.17, 15) is 22.8 Å². The first-order valence-corrected chi connectivity index (χ1v) is 19.1. The fraction of sp³-hybridized carbons (Fsp3) is 0.410. The Labute approximate surface area is 299 Å². The van der Waals surface area contributed by atoms with Gasteiger partial charge in [-0.15, -0.1) is 0 Å². The molecule has 0 bridgehead atoms. The number of carbonyl (C=O) groups excluding carboxylic acids is 3. The topological polar surface area (TPSA) is 136 Å². The maximum atomic E-state index is 13.1. The number of rotatable bonds is 13. The number of amides is 3. The molecular weight excluding hydrogens is 669 g/mol. The van der Waals surface area contributed by atoms with Crippen LogP contribution < -0.4 is 14.8 Å². The minimum atomic E-state index is -4.08. The summed E-state index contributed by atoms with van der Waals surface area (Å²) in [6.07, 6.45) is 8.00. The van der Waals surface area contributed by atoms with Gasteiger partial charge in [0, 0.05) is 54.3 Å². The average molecular weight is 715 g/mol. The lowest BCUT2D eigenvalue weighted by molar-refractivity contribution is -0.135. The molecule has 11 nitrogen and oxygen atoms in total. The molecule has 2 aliphatic rings. The first-order valence-electron chi connectivity index (χ1n) is 17.6. The van der Waals surface area contributed by atoms with Gasteiger partial charge in [0.2, 0.25) is 11.8 Å². The quantitative estimate of drug-likeness (QED) is 0.204. The summed E-state index contributed by atoms with van der Waals surface area (Å²) < 4.78 is 41.3. The predicted octanol–water partition coefficient (Wildman–Crippen LogP) is 4.77. The molecule has 12 heteroatoms. The fourth-order valence-electron chi connectivity index (χ4n) is 7.08. The van der Waals surface area contributed by atoms with Gasteiger partial charge < -0.3 is 24.3 Å². The summed E-state index contributed by atoms with van der Waals surface area (Å²) in [5, 5.41) is 4.11. The van der Waals surface area contributed by atoms with Crippen LogP contribution in [-0.4, -0.2) is 75.6 Å². The van der Waals surface area contributed by atoms with Crippen molar-refractivity contribution < 1.29 is 32.3 Å². The number of nitrogens with zero attached hydrogens (tertiary/aromatic N) is 2. The second-order valence-electron chi connectivity index (χ2n) is 13.5. The van der Waals surface area contributed by atoms with Crippen molar-refractivity contribution in [3.8, 4) is 5.75 Å². The molecule has 1 saturated carbocycles. The van der Waals surface area contributed by atoms with Crippen LogP contribution >= 0.6 is 0 Å². The molecule has 270 valence electrons. The lowest BCUT2D eigenvalue weighted by atomic mass is 10.0. The van der Waals surface area contributed by atoms with Gasteiger partial charge >= 0.3 is 0 Å². The van der Waals surface area contributed by atoms with Crippen LogP contribution in [0.3, 0.4) is 0 Å². The van der Waals surface area contributed by atoms with E-state index in [-0.39, 0.29) is 28.7 Å². The molecule has 1 aromatic heterocycles. The highest BCUT2D eigenvalue weighted by Gasteiger charge is 2.23. The molecule has 0 atom stereocenters. The number of morpholine rings is 1. The van der Waals surface area contributed by atoms with Crippen molar-refractivity contribution in [2.45, 2.75) is 63.3 Å². The normalized spacial score (nSPS) is 15.2. The molecule has 51 heavy (non-hydrogen) atoms. The Morgan fingerprint density at radius 1 is 0.961 bits per heavy atom. The van der Waals surface area contributed by atoms with E-state index in [1.165, 1.54) is 32.1 Å². The second-order valence-corrected chi connectivity index (χ2v) is 15.1. The Morgan fingerprint density at radius 2 is 1.73 bits per heavy atom. The monoisotopic (exact) mass is 714 g/mol. The Kier molecular flexibility index (Phi) is 11.4. The van der Waals surface area contributed by atoms with E-state index in [1.807, 2.05) is 29.3 Å². The zero-order valence-electron chi connectivity index (χ0n) is 29.3. The van der Waals surface area contributed by atoms with Crippen molar-refractivity contribution in [3.63, 3.8) is 0 Å². The molecule has 4 aromatic rings. The highest BCUT2D eigenvalue weighted by atomic mass is 32.2. The van der Waals surface area contributed by atoms with E-state index >= 15 is 0 Å². The highest BCUT2D eigenvalue weighted by molar-refractivity contribution is 7.90. The zero-order valence-corrected chi connectivity index (χ0v) is 30.1. The second kappa shape index (κ2) is 16.1. The van der Waals surface area contributed by atoms with Crippen LogP contribution in [0.25, 0.3) is 10.9 Å². The maximum absolute atomic E-state index is 13.1. The first-order chi connectivity index (χ1) is 24.6. The van der Waals surface area contributed by atoms with Crippen molar-refractivity contribution in [2.24, 2.45) is 5.92 Å². The molecule has 3 aromatic carbocycles. The number of aromatic nitrogens is 1. The number of nitrogens with one attached hydrogen (secondary N) is 2. The average Bonchev–Trinajstić information content (AvgIpc) is 3.78. The van der Waals surface area contributed by atoms with Crippen LogP contribution in [-0.2, 0) is 43.7 Å². The van der Waals surface area contributed by atoms with Crippen LogP contribution in [0.1, 0.15) is 64.7 Å². The predicted molar refractivity (Wildman–Crippen MR) is 194 cm³/mol. The number of sulfonamides is 1. The maximum Gasteiger partial charge on any atom is 0.265 e. The van der Waals surface area contributed by atoms with E-state index < -0.39 is 15.9 Å². The lowest BCUT2D eigenvalue weighted by Crippen LogP contribution is -2.40. The summed E-state index contributed by atoms with van der Waals surface area (Å²) in [6, 6.07) is 17.4. The summed E-state index contributed by atoms with van der Waals surface area (Å²) in [4.78, 5) is 40.9. The largest absolute Gasteiger partial charge is 0.496 e. The number of fused-ring (bicyclic) bond motifs is 1. The van der Waals surface area contributed by atoms with Crippen molar-refractivity contribution >= 4 is 38.6 Å². The molecule has 0 spiro atoms. The molecule has 0 unspecified atom stereocenters. The third kappa shape index (κ3) is 8.80. The summed E-state index contributed by atoms with van der Waals surface area (Å²) in [7, 11) is -2.58. The Bertz CT molecular complexity index is 2010. The molecule has 1 aliphatic heterocycles. The summed E-state index contributed by atoms with van der Waals surface area (Å²) in [5.41, 5.74) is 4.25. The van der Waals surface area contributed by atoms with Crippen molar-refractivity contribution in [1.29, 1.82) is 0 Å². The van der Waals surface area contributed by atoms with Gasteiger partial charge in [0.05, 0.1) is 38.2 Å². The van der Waals surface area contributed by atoms with Gasteiger partial charge in [-0.25, -0.2) is 13.1 Å². The molecule has 2 heterocycles. The number of aryl methyl sites for hydroxylation is 2. The van der Waals surface area contributed by atoms with E-state index in [1.54, 1.807) is 37.3 Å². The molecule has 1 aliphatic carbocycles. The summed E-state index contributed by atoms with van der Waals surface area (Å²) in [6.45, 7) is 5.04. The Morgan fingerprint density at radius 3 is 2.47 bits per heavy atom. The van der Waals surface area contributed by atoms with Crippen LogP contribution in [0.2, 0.25) is 0 Å². The van der Waals surface area contributed by atoms with Crippen LogP contribution in [0.4, 0.5) is 0 Å².